The van der Waals surface area contributed by atoms with Crippen LogP contribution in [0.2, 0.25) is 0 Å². The Kier molecular flexibility index (Phi) is 7.18. The highest BCUT2D eigenvalue weighted by Crippen LogP contribution is 2.24. The van der Waals surface area contributed by atoms with Gasteiger partial charge in [0.1, 0.15) is 0 Å². The van der Waals surface area contributed by atoms with E-state index in [0.29, 0.717) is 21.4 Å². The first-order valence-electron chi connectivity index (χ1n) is 9.67. The van der Waals surface area contributed by atoms with Crippen molar-refractivity contribution in [2.75, 3.05) is 24.2 Å². The Labute approximate surface area is 193 Å². The lowest BCUT2D eigenvalue weighted by molar-refractivity contribution is -0.0258. The van der Waals surface area contributed by atoms with Crippen LogP contribution in [-0.2, 0) is 24.9 Å². The number of carbonyl (C=O) groups excluding carboxylic acids is 1. The quantitative estimate of drug-likeness (QED) is 0.469. The zero-order chi connectivity index (χ0) is 24.2. The van der Waals surface area contributed by atoms with Crippen LogP contribution >= 0.6 is 0 Å². The van der Waals surface area contributed by atoms with Gasteiger partial charge in [-0.05, 0) is 55.0 Å². The minimum atomic E-state index is -3.92. The summed E-state index contributed by atoms with van der Waals surface area (Å²) in [6, 6.07) is 18.2. The number of anilines is 2. The van der Waals surface area contributed by atoms with E-state index in [0.717, 1.165) is 0 Å². The number of rotatable bonds is 8. The number of aryl methyl sites for hydroxylation is 1. The van der Waals surface area contributed by atoms with E-state index in [4.69, 9.17) is 4.84 Å². The van der Waals surface area contributed by atoms with Crippen molar-refractivity contribution in [1.82, 2.24) is 4.47 Å². The lowest BCUT2D eigenvalue weighted by Crippen LogP contribution is -2.26. The summed E-state index contributed by atoms with van der Waals surface area (Å²) in [4.78, 5) is 17.5. The SMILES string of the molecule is CON(C)S(=O)(=O)c1cccc(C(=O)Nc2ccc(C)c(NS(=O)(=O)c3ccccc3)c2)c1. The Balaban J connectivity index is 1.84. The summed E-state index contributed by atoms with van der Waals surface area (Å²) in [5.41, 5.74) is 1.39. The molecule has 0 aliphatic rings. The fourth-order valence-electron chi connectivity index (χ4n) is 2.86. The number of sulfonamides is 2. The molecule has 9 nitrogen and oxygen atoms in total. The van der Waals surface area contributed by atoms with Crippen molar-refractivity contribution in [3.05, 3.63) is 83.9 Å². The topological polar surface area (TPSA) is 122 Å². The number of nitrogens with one attached hydrogen (secondary N) is 2. The lowest BCUT2D eigenvalue weighted by atomic mass is 10.1. The molecule has 0 bridgehead atoms. The Morgan fingerprint density at radius 3 is 2.21 bits per heavy atom. The first kappa shape index (κ1) is 24.4. The van der Waals surface area contributed by atoms with Crippen molar-refractivity contribution in [2.45, 2.75) is 16.7 Å². The van der Waals surface area contributed by atoms with Crippen molar-refractivity contribution in [2.24, 2.45) is 0 Å². The van der Waals surface area contributed by atoms with Crippen molar-refractivity contribution in [3.63, 3.8) is 0 Å². The van der Waals surface area contributed by atoms with E-state index >= 15 is 0 Å². The summed E-state index contributed by atoms with van der Waals surface area (Å²) in [6.45, 7) is 1.73. The van der Waals surface area contributed by atoms with Gasteiger partial charge < -0.3 is 5.32 Å². The van der Waals surface area contributed by atoms with Crippen LogP contribution in [0.3, 0.4) is 0 Å². The standard InChI is InChI=1S/C22H23N3O6S2/c1-16-12-13-18(15-21(16)24-32(27,28)19-9-5-4-6-10-19)23-22(26)17-8-7-11-20(14-17)33(29,30)25(2)31-3/h4-15,24H,1-3H3,(H,23,26). The molecule has 2 N–H and O–H groups in total. The Bertz CT molecular complexity index is 1370. The highest BCUT2D eigenvalue weighted by Gasteiger charge is 2.22. The summed E-state index contributed by atoms with van der Waals surface area (Å²) >= 11 is 0. The molecule has 1 amide bonds. The van der Waals surface area contributed by atoms with Crippen molar-refractivity contribution in [1.29, 1.82) is 0 Å². The maximum absolute atomic E-state index is 12.7. The van der Waals surface area contributed by atoms with Gasteiger partial charge in [-0.15, -0.1) is 0 Å². The fourth-order valence-corrected chi connectivity index (χ4v) is 5.02. The highest BCUT2D eigenvalue weighted by molar-refractivity contribution is 7.92. The average Bonchev–Trinajstić information content (AvgIpc) is 2.81. The van der Waals surface area contributed by atoms with Crippen LogP contribution in [0, 0.1) is 6.92 Å². The van der Waals surface area contributed by atoms with Crippen molar-refractivity contribution in [3.8, 4) is 0 Å². The van der Waals surface area contributed by atoms with E-state index in [-0.39, 0.29) is 15.4 Å². The number of nitrogens with zero attached hydrogens (tertiary/aromatic N) is 1. The molecule has 0 spiro atoms. The van der Waals surface area contributed by atoms with E-state index in [1.54, 1.807) is 37.3 Å². The molecule has 33 heavy (non-hydrogen) atoms. The molecule has 0 radical (unpaired) electrons. The minimum absolute atomic E-state index is 0.104. The van der Waals surface area contributed by atoms with Gasteiger partial charge in [-0.2, -0.15) is 0 Å². The first-order chi connectivity index (χ1) is 15.5. The second-order valence-electron chi connectivity index (χ2n) is 7.03. The van der Waals surface area contributed by atoms with Crippen LogP contribution in [0.15, 0.2) is 82.6 Å². The van der Waals surface area contributed by atoms with Crippen LogP contribution in [0.25, 0.3) is 0 Å². The normalized spacial score (nSPS) is 11.9. The average molecular weight is 490 g/mol. The molecule has 0 fully saturated rings. The van der Waals surface area contributed by atoms with E-state index in [1.807, 2.05) is 0 Å². The molecule has 0 heterocycles. The number of hydroxylamine groups is 1. The molecule has 0 aromatic heterocycles. The zero-order valence-corrected chi connectivity index (χ0v) is 19.8. The molecule has 0 saturated carbocycles. The van der Waals surface area contributed by atoms with Gasteiger partial charge in [0, 0.05) is 18.3 Å². The third-order valence-electron chi connectivity index (χ3n) is 4.78. The fraction of sp³-hybridized carbons (Fsp3) is 0.136. The largest absolute Gasteiger partial charge is 0.322 e. The summed E-state index contributed by atoms with van der Waals surface area (Å²) in [7, 11) is -5.27. The smallest absolute Gasteiger partial charge is 0.264 e. The molecule has 0 aliphatic heterocycles. The van der Waals surface area contributed by atoms with Crippen LogP contribution in [-0.4, -0.2) is 41.4 Å². The molecule has 0 saturated heterocycles. The predicted molar refractivity (Wildman–Crippen MR) is 125 cm³/mol. The molecule has 3 aromatic carbocycles. The molecule has 3 rings (SSSR count). The predicted octanol–water partition coefficient (Wildman–Crippen LogP) is 3.23. The molecule has 3 aromatic rings. The maximum atomic E-state index is 12.7. The Hall–Kier alpha value is -3.25. The number of benzene rings is 3. The Morgan fingerprint density at radius 1 is 0.879 bits per heavy atom. The first-order valence-corrected chi connectivity index (χ1v) is 12.6. The number of carbonyl (C=O) groups is 1. The van der Waals surface area contributed by atoms with Gasteiger partial charge >= 0.3 is 0 Å². The zero-order valence-electron chi connectivity index (χ0n) is 18.1. The molecule has 0 atom stereocenters. The molecular formula is C22H23N3O6S2. The van der Waals surface area contributed by atoms with E-state index in [9.17, 15) is 21.6 Å². The summed E-state index contributed by atoms with van der Waals surface area (Å²) in [6.07, 6.45) is 0. The van der Waals surface area contributed by atoms with Gasteiger partial charge in [-0.3, -0.25) is 14.4 Å². The van der Waals surface area contributed by atoms with Gasteiger partial charge in [0.15, 0.2) is 0 Å². The van der Waals surface area contributed by atoms with Crippen LogP contribution in [0.4, 0.5) is 11.4 Å². The van der Waals surface area contributed by atoms with Crippen LogP contribution in [0.5, 0.6) is 0 Å². The van der Waals surface area contributed by atoms with E-state index < -0.39 is 26.0 Å². The summed E-state index contributed by atoms with van der Waals surface area (Å²) in [5.74, 6) is -0.562. The van der Waals surface area contributed by atoms with Gasteiger partial charge in [-0.25, -0.2) is 16.8 Å². The van der Waals surface area contributed by atoms with Crippen LogP contribution in [0.1, 0.15) is 15.9 Å². The van der Waals surface area contributed by atoms with Crippen molar-refractivity contribution < 1.29 is 26.5 Å². The van der Waals surface area contributed by atoms with Gasteiger partial charge in [0.2, 0.25) is 0 Å². The monoisotopic (exact) mass is 489 g/mol. The maximum Gasteiger partial charge on any atom is 0.264 e. The van der Waals surface area contributed by atoms with Gasteiger partial charge in [0.25, 0.3) is 26.0 Å². The third-order valence-corrected chi connectivity index (χ3v) is 7.84. The van der Waals surface area contributed by atoms with E-state index in [2.05, 4.69) is 10.0 Å². The second kappa shape index (κ2) is 9.71. The number of hydrogen-bond acceptors (Lipinski definition) is 6. The summed E-state index contributed by atoms with van der Waals surface area (Å²) < 4.78 is 53.4. The molecule has 174 valence electrons. The summed E-state index contributed by atoms with van der Waals surface area (Å²) in [5, 5.41) is 2.66. The molecule has 11 heteroatoms. The number of hydrogen-bond donors (Lipinski definition) is 2. The molecule has 0 unspecified atom stereocenters. The second-order valence-corrected chi connectivity index (χ2v) is 10.6. The Morgan fingerprint density at radius 2 is 1.55 bits per heavy atom. The van der Waals surface area contributed by atoms with Gasteiger partial charge in [-0.1, -0.05) is 34.8 Å². The van der Waals surface area contributed by atoms with Crippen molar-refractivity contribution >= 4 is 37.3 Å². The molecule has 0 aliphatic carbocycles. The third kappa shape index (κ3) is 5.57. The number of amides is 1. The highest BCUT2D eigenvalue weighted by atomic mass is 32.2. The van der Waals surface area contributed by atoms with E-state index in [1.165, 1.54) is 56.6 Å². The van der Waals surface area contributed by atoms with Gasteiger partial charge in [0.05, 0.1) is 22.6 Å². The van der Waals surface area contributed by atoms with Crippen LogP contribution < -0.4 is 10.0 Å². The minimum Gasteiger partial charge on any atom is -0.322 e. The molecular weight excluding hydrogens is 466 g/mol. The lowest BCUT2D eigenvalue weighted by Gasteiger charge is -2.15.